The Morgan fingerprint density at radius 2 is 2.00 bits per heavy atom. The van der Waals surface area contributed by atoms with Crippen LogP contribution in [0, 0.1) is 6.92 Å². The number of hydrogen-bond acceptors (Lipinski definition) is 2. The first kappa shape index (κ1) is 13.7. The summed E-state index contributed by atoms with van der Waals surface area (Å²) in [4.78, 5) is 2.57. The highest BCUT2D eigenvalue weighted by molar-refractivity contribution is 9.10. The topological polar surface area (TPSA) is 12.0 Å². The van der Waals surface area contributed by atoms with Gasteiger partial charge >= 0.3 is 0 Å². The largest absolute Gasteiger partial charge is 0.316 e. The number of aryl methyl sites for hydroxylation is 1. The molecule has 0 unspecified atom stereocenters. The minimum atomic E-state index is 0.901. The summed E-state index contributed by atoms with van der Waals surface area (Å²) in [6, 6.07) is 15.0. The molecule has 0 aliphatic rings. The van der Waals surface area contributed by atoms with Crippen LogP contribution in [0.2, 0.25) is 0 Å². The van der Waals surface area contributed by atoms with Gasteiger partial charge in [0.05, 0.1) is 0 Å². The van der Waals surface area contributed by atoms with Crippen molar-refractivity contribution >= 4 is 27.7 Å². The molecule has 2 rings (SSSR count). The van der Waals surface area contributed by atoms with Crippen LogP contribution in [-0.2, 0) is 6.54 Å². The van der Waals surface area contributed by atoms with Gasteiger partial charge in [-0.1, -0.05) is 51.5 Å². The van der Waals surface area contributed by atoms with Crippen molar-refractivity contribution in [2.75, 3.05) is 7.05 Å². The van der Waals surface area contributed by atoms with E-state index in [4.69, 9.17) is 0 Å². The highest BCUT2D eigenvalue weighted by Gasteiger charge is 2.04. The third-order valence-corrected chi connectivity index (χ3v) is 4.21. The molecule has 1 nitrogen and oxygen atoms in total. The molecule has 2 aromatic rings. The number of benzene rings is 2. The molecule has 0 saturated carbocycles. The Morgan fingerprint density at radius 3 is 2.72 bits per heavy atom. The molecule has 18 heavy (non-hydrogen) atoms. The summed E-state index contributed by atoms with van der Waals surface area (Å²) in [5, 5.41) is 3.23. The minimum absolute atomic E-state index is 0.901. The molecular formula is C15H16BrNS. The van der Waals surface area contributed by atoms with Gasteiger partial charge < -0.3 is 5.32 Å². The first-order valence-corrected chi connectivity index (χ1v) is 7.47. The Hall–Kier alpha value is -0.770. The van der Waals surface area contributed by atoms with Crippen LogP contribution in [0.3, 0.4) is 0 Å². The molecule has 0 atom stereocenters. The fourth-order valence-corrected chi connectivity index (χ4v) is 3.33. The monoisotopic (exact) mass is 321 g/mol. The molecule has 3 heteroatoms. The summed E-state index contributed by atoms with van der Waals surface area (Å²) in [6.07, 6.45) is 0. The van der Waals surface area contributed by atoms with Gasteiger partial charge in [-0.25, -0.2) is 0 Å². The Bertz CT molecular complexity index is 540. The Balaban J connectivity index is 2.28. The zero-order chi connectivity index (χ0) is 13.0. The Kier molecular flexibility index (Phi) is 4.87. The summed E-state index contributed by atoms with van der Waals surface area (Å²) >= 11 is 5.32. The number of hydrogen-bond donors (Lipinski definition) is 1. The van der Waals surface area contributed by atoms with Crippen molar-refractivity contribution in [2.24, 2.45) is 0 Å². The molecule has 1 N–H and O–H groups in total. The molecule has 0 aliphatic heterocycles. The van der Waals surface area contributed by atoms with Gasteiger partial charge in [0.2, 0.25) is 0 Å². The van der Waals surface area contributed by atoms with Gasteiger partial charge in [-0.2, -0.15) is 0 Å². The van der Waals surface area contributed by atoms with Crippen LogP contribution in [-0.4, -0.2) is 7.05 Å². The van der Waals surface area contributed by atoms with E-state index >= 15 is 0 Å². The van der Waals surface area contributed by atoms with Gasteiger partial charge in [0.1, 0.15) is 0 Å². The number of nitrogens with one attached hydrogen (secondary N) is 1. The van der Waals surface area contributed by atoms with Gasteiger partial charge in [-0.05, 0) is 43.8 Å². The number of halogens is 1. The van der Waals surface area contributed by atoms with Crippen molar-refractivity contribution in [3.05, 3.63) is 58.1 Å². The lowest BCUT2D eigenvalue weighted by Gasteiger charge is -2.10. The lowest BCUT2D eigenvalue weighted by Crippen LogP contribution is -2.06. The van der Waals surface area contributed by atoms with E-state index in [-0.39, 0.29) is 0 Å². The lowest BCUT2D eigenvalue weighted by atomic mass is 10.1. The molecule has 0 amide bonds. The molecule has 0 spiro atoms. The summed E-state index contributed by atoms with van der Waals surface area (Å²) in [7, 11) is 1.98. The Morgan fingerprint density at radius 1 is 1.17 bits per heavy atom. The maximum Gasteiger partial charge on any atom is 0.0213 e. The van der Waals surface area contributed by atoms with Crippen molar-refractivity contribution in [3.63, 3.8) is 0 Å². The van der Waals surface area contributed by atoms with Crippen LogP contribution in [0.15, 0.2) is 56.7 Å². The highest BCUT2D eigenvalue weighted by atomic mass is 79.9. The van der Waals surface area contributed by atoms with Crippen LogP contribution >= 0.6 is 27.7 Å². The van der Waals surface area contributed by atoms with E-state index in [0.29, 0.717) is 0 Å². The molecule has 0 fully saturated rings. The van der Waals surface area contributed by atoms with Gasteiger partial charge in [-0.3, -0.25) is 0 Å². The summed E-state index contributed by atoms with van der Waals surface area (Å²) in [5.41, 5.74) is 2.65. The van der Waals surface area contributed by atoms with Crippen LogP contribution < -0.4 is 5.32 Å². The summed E-state index contributed by atoms with van der Waals surface area (Å²) in [5.74, 6) is 0. The third kappa shape index (κ3) is 3.61. The van der Waals surface area contributed by atoms with Crippen molar-refractivity contribution in [3.8, 4) is 0 Å². The average Bonchev–Trinajstić information content (AvgIpc) is 2.33. The predicted molar refractivity (Wildman–Crippen MR) is 82.2 cm³/mol. The number of rotatable bonds is 4. The van der Waals surface area contributed by atoms with Crippen molar-refractivity contribution in [2.45, 2.75) is 23.3 Å². The zero-order valence-electron chi connectivity index (χ0n) is 10.5. The molecule has 0 radical (unpaired) electrons. The van der Waals surface area contributed by atoms with Crippen LogP contribution in [0.1, 0.15) is 11.1 Å². The van der Waals surface area contributed by atoms with E-state index in [9.17, 15) is 0 Å². The lowest BCUT2D eigenvalue weighted by molar-refractivity contribution is 0.802. The van der Waals surface area contributed by atoms with Crippen LogP contribution in [0.5, 0.6) is 0 Å². The van der Waals surface area contributed by atoms with Crippen LogP contribution in [0.25, 0.3) is 0 Å². The SMILES string of the molecule is CNCc1cc(C)ccc1Sc1cccc(Br)c1. The normalized spacial score (nSPS) is 10.6. The van der Waals surface area contributed by atoms with Crippen molar-refractivity contribution < 1.29 is 0 Å². The maximum atomic E-state index is 3.51. The summed E-state index contributed by atoms with van der Waals surface area (Å²) in [6.45, 7) is 3.03. The molecule has 94 valence electrons. The fourth-order valence-electron chi connectivity index (χ4n) is 1.79. The van der Waals surface area contributed by atoms with Gasteiger partial charge in [0, 0.05) is 20.8 Å². The molecule has 0 saturated heterocycles. The van der Waals surface area contributed by atoms with Gasteiger partial charge in [-0.15, -0.1) is 0 Å². The fraction of sp³-hybridized carbons (Fsp3) is 0.200. The average molecular weight is 322 g/mol. The second kappa shape index (κ2) is 6.41. The second-order valence-corrected chi connectivity index (χ2v) is 6.23. The Labute approximate surface area is 121 Å². The second-order valence-electron chi connectivity index (χ2n) is 4.20. The molecule has 0 bridgehead atoms. The van der Waals surface area contributed by atoms with E-state index in [1.165, 1.54) is 20.9 Å². The third-order valence-electron chi connectivity index (χ3n) is 2.61. The van der Waals surface area contributed by atoms with E-state index in [1.54, 1.807) is 0 Å². The quantitative estimate of drug-likeness (QED) is 0.881. The van der Waals surface area contributed by atoms with E-state index in [1.807, 2.05) is 24.9 Å². The maximum absolute atomic E-state index is 3.51. The highest BCUT2D eigenvalue weighted by Crippen LogP contribution is 2.32. The predicted octanol–water partition coefficient (Wildman–Crippen LogP) is 4.63. The van der Waals surface area contributed by atoms with Gasteiger partial charge in [0.15, 0.2) is 0 Å². The molecule has 0 aliphatic carbocycles. The smallest absolute Gasteiger partial charge is 0.0213 e. The standard InChI is InChI=1S/C15H16BrNS/c1-11-6-7-15(12(8-11)10-17-2)18-14-5-3-4-13(16)9-14/h3-9,17H,10H2,1-2H3. The molecule has 0 aromatic heterocycles. The minimum Gasteiger partial charge on any atom is -0.316 e. The van der Waals surface area contributed by atoms with Gasteiger partial charge in [0.25, 0.3) is 0 Å². The van der Waals surface area contributed by atoms with Crippen molar-refractivity contribution in [1.82, 2.24) is 5.32 Å². The zero-order valence-corrected chi connectivity index (χ0v) is 12.9. The van der Waals surface area contributed by atoms with E-state index in [0.717, 1.165) is 11.0 Å². The first-order chi connectivity index (χ1) is 8.69. The molecular weight excluding hydrogens is 306 g/mol. The van der Waals surface area contributed by atoms with Crippen molar-refractivity contribution in [1.29, 1.82) is 0 Å². The summed E-state index contributed by atoms with van der Waals surface area (Å²) < 4.78 is 1.12. The van der Waals surface area contributed by atoms with E-state index in [2.05, 4.69) is 64.6 Å². The first-order valence-electron chi connectivity index (χ1n) is 5.86. The van der Waals surface area contributed by atoms with E-state index < -0.39 is 0 Å². The molecule has 0 heterocycles. The molecule has 2 aromatic carbocycles. The van der Waals surface area contributed by atoms with Crippen LogP contribution in [0.4, 0.5) is 0 Å².